The van der Waals surface area contributed by atoms with Crippen molar-refractivity contribution < 1.29 is 8.42 Å². The molecule has 0 amide bonds. The van der Waals surface area contributed by atoms with Crippen LogP contribution >= 0.6 is 39.1 Å². The Hall–Kier alpha value is 0.150. The summed E-state index contributed by atoms with van der Waals surface area (Å²) in [7, 11) is -3.69. The Balaban J connectivity index is 2.02. The van der Waals surface area contributed by atoms with Crippen molar-refractivity contribution in [3.63, 3.8) is 0 Å². The molecule has 8 heteroatoms. The highest BCUT2D eigenvalue weighted by atomic mass is 79.9. The van der Waals surface area contributed by atoms with Crippen molar-refractivity contribution in [1.82, 2.24) is 9.62 Å². The third-order valence-corrected chi connectivity index (χ3v) is 7.74. The van der Waals surface area contributed by atoms with Gasteiger partial charge in [-0.1, -0.05) is 39.1 Å². The zero-order valence-electron chi connectivity index (χ0n) is 11.3. The van der Waals surface area contributed by atoms with Crippen molar-refractivity contribution in [2.45, 2.75) is 17.9 Å². The van der Waals surface area contributed by atoms with Crippen LogP contribution in [-0.2, 0) is 10.0 Å². The van der Waals surface area contributed by atoms with Gasteiger partial charge in [0.25, 0.3) is 0 Å². The van der Waals surface area contributed by atoms with Crippen molar-refractivity contribution in [3.05, 3.63) is 26.7 Å². The van der Waals surface area contributed by atoms with Crippen LogP contribution in [0.15, 0.2) is 21.5 Å². The highest BCUT2D eigenvalue weighted by molar-refractivity contribution is 9.10. The number of halogens is 3. The molecule has 1 N–H and O–H groups in total. The van der Waals surface area contributed by atoms with E-state index in [-0.39, 0.29) is 21.0 Å². The van der Waals surface area contributed by atoms with E-state index >= 15 is 0 Å². The Morgan fingerprint density at radius 3 is 2.48 bits per heavy atom. The third-order valence-electron chi connectivity index (χ3n) is 4.41. The van der Waals surface area contributed by atoms with Gasteiger partial charge >= 0.3 is 0 Å². The Labute approximate surface area is 143 Å². The monoisotopic (exact) mass is 412 g/mol. The van der Waals surface area contributed by atoms with Crippen LogP contribution in [0, 0.1) is 11.8 Å². The van der Waals surface area contributed by atoms with E-state index in [1.807, 2.05) is 6.92 Å². The van der Waals surface area contributed by atoms with Gasteiger partial charge in [-0.15, -0.1) is 0 Å². The van der Waals surface area contributed by atoms with Crippen LogP contribution in [0.4, 0.5) is 0 Å². The van der Waals surface area contributed by atoms with E-state index in [0.29, 0.717) is 22.9 Å². The van der Waals surface area contributed by atoms with Crippen LogP contribution in [0.5, 0.6) is 0 Å². The molecule has 0 bridgehead atoms. The van der Waals surface area contributed by atoms with Gasteiger partial charge in [0.05, 0.1) is 10.0 Å². The highest BCUT2D eigenvalue weighted by Crippen LogP contribution is 2.40. The van der Waals surface area contributed by atoms with Gasteiger partial charge in [-0.3, -0.25) is 0 Å². The highest BCUT2D eigenvalue weighted by Gasteiger charge is 2.47. The first kappa shape index (κ1) is 16.0. The molecule has 4 nitrogen and oxygen atoms in total. The third kappa shape index (κ3) is 2.64. The summed E-state index contributed by atoms with van der Waals surface area (Å²) in [4.78, 5) is 0.00816. The predicted octanol–water partition coefficient (Wildman–Crippen LogP) is 2.98. The topological polar surface area (TPSA) is 49.4 Å². The second-order valence-corrected chi connectivity index (χ2v) is 9.15. The maximum atomic E-state index is 13.0. The van der Waals surface area contributed by atoms with E-state index in [1.165, 1.54) is 0 Å². The average Bonchev–Trinajstić information content (AvgIpc) is 2.91. The summed E-state index contributed by atoms with van der Waals surface area (Å²) in [5, 5.41) is 3.62. The second-order valence-electron chi connectivity index (χ2n) is 5.60. The second kappa shape index (κ2) is 5.65. The molecular formula is C13H15BrCl2N2O2S. The number of nitrogens with zero attached hydrogens (tertiary/aromatic N) is 1. The Morgan fingerprint density at radius 2 is 1.90 bits per heavy atom. The molecule has 0 radical (unpaired) electrons. The van der Waals surface area contributed by atoms with Crippen molar-refractivity contribution in [1.29, 1.82) is 0 Å². The molecule has 2 aliphatic heterocycles. The van der Waals surface area contributed by atoms with Crippen molar-refractivity contribution >= 4 is 49.2 Å². The van der Waals surface area contributed by atoms with E-state index in [0.717, 1.165) is 13.1 Å². The molecule has 0 aliphatic carbocycles. The van der Waals surface area contributed by atoms with E-state index < -0.39 is 10.0 Å². The van der Waals surface area contributed by atoms with E-state index in [9.17, 15) is 8.42 Å². The van der Waals surface area contributed by atoms with E-state index in [4.69, 9.17) is 23.2 Å². The first-order valence-corrected chi connectivity index (χ1v) is 9.68. The lowest BCUT2D eigenvalue weighted by Gasteiger charge is -2.24. The van der Waals surface area contributed by atoms with Crippen LogP contribution in [0.3, 0.4) is 0 Å². The average molecular weight is 414 g/mol. The summed E-state index contributed by atoms with van der Waals surface area (Å²) in [6, 6.07) is 3.07. The Bertz CT molecular complexity index is 660. The normalized spacial score (nSPS) is 29.8. The Kier molecular flexibility index (Phi) is 4.31. The van der Waals surface area contributed by atoms with E-state index in [2.05, 4.69) is 21.2 Å². The van der Waals surface area contributed by atoms with E-state index in [1.54, 1.807) is 16.4 Å². The molecule has 0 aromatic heterocycles. The SMILES string of the molecule is CC1C2CNCC2CN1S(=O)(=O)c1c(Cl)cc(Br)cc1Cl. The van der Waals surface area contributed by atoms with Crippen LogP contribution in [0.2, 0.25) is 10.0 Å². The molecule has 21 heavy (non-hydrogen) atoms. The maximum Gasteiger partial charge on any atom is 0.246 e. The molecule has 3 atom stereocenters. The van der Waals surface area contributed by atoms with Gasteiger partial charge in [0, 0.05) is 17.1 Å². The lowest BCUT2D eigenvalue weighted by molar-refractivity contribution is 0.360. The van der Waals surface area contributed by atoms with Crippen molar-refractivity contribution in [3.8, 4) is 0 Å². The van der Waals surface area contributed by atoms with Gasteiger partial charge in [-0.05, 0) is 44.0 Å². The van der Waals surface area contributed by atoms with Crippen molar-refractivity contribution in [2.24, 2.45) is 11.8 Å². The smallest absolute Gasteiger partial charge is 0.246 e. The quantitative estimate of drug-likeness (QED) is 0.810. The molecule has 1 aromatic rings. The molecule has 116 valence electrons. The molecule has 2 fully saturated rings. The fourth-order valence-corrected chi connectivity index (χ4v) is 6.96. The molecule has 0 spiro atoms. The summed E-state index contributed by atoms with van der Waals surface area (Å²) in [5.74, 6) is 0.718. The predicted molar refractivity (Wildman–Crippen MR) is 87.4 cm³/mol. The lowest BCUT2D eigenvalue weighted by atomic mass is 9.95. The Morgan fingerprint density at radius 1 is 1.29 bits per heavy atom. The molecule has 2 aliphatic rings. The largest absolute Gasteiger partial charge is 0.316 e. The number of benzene rings is 1. The summed E-state index contributed by atoms with van der Waals surface area (Å²) in [6.45, 7) is 4.20. The molecule has 2 heterocycles. The number of sulfonamides is 1. The summed E-state index contributed by atoms with van der Waals surface area (Å²) < 4.78 is 28.1. The van der Waals surface area contributed by atoms with Gasteiger partial charge < -0.3 is 5.32 Å². The number of nitrogens with one attached hydrogen (secondary N) is 1. The minimum Gasteiger partial charge on any atom is -0.316 e. The molecule has 1 aromatic carbocycles. The fourth-order valence-electron chi connectivity index (χ4n) is 3.34. The summed E-state index contributed by atoms with van der Waals surface area (Å²) in [6.07, 6.45) is 0. The number of hydrogen-bond acceptors (Lipinski definition) is 3. The van der Waals surface area contributed by atoms with Crippen molar-refractivity contribution in [2.75, 3.05) is 19.6 Å². The van der Waals surface area contributed by atoms with Gasteiger partial charge in [0.1, 0.15) is 4.90 Å². The molecule has 3 rings (SSSR count). The van der Waals surface area contributed by atoms with Gasteiger partial charge in [0.15, 0.2) is 0 Å². The standard InChI is InChI=1S/C13H15BrCl2N2O2S/c1-7-10-5-17-4-8(10)6-18(7)21(19,20)13-11(15)2-9(14)3-12(13)16/h2-3,7-8,10,17H,4-6H2,1H3. The molecule has 0 saturated carbocycles. The minimum absolute atomic E-state index is 0.00816. The number of fused-ring (bicyclic) bond motifs is 1. The molecular weight excluding hydrogens is 399 g/mol. The van der Waals surface area contributed by atoms with Crippen LogP contribution in [-0.4, -0.2) is 38.4 Å². The first-order valence-electron chi connectivity index (χ1n) is 6.69. The van der Waals surface area contributed by atoms with Gasteiger partial charge in [-0.25, -0.2) is 8.42 Å². The van der Waals surface area contributed by atoms with Crippen LogP contribution in [0.25, 0.3) is 0 Å². The minimum atomic E-state index is -3.69. The van der Waals surface area contributed by atoms with Crippen LogP contribution < -0.4 is 5.32 Å². The summed E-state index contributed by atoms with van der Waals surface area (Å²) >= 11 is 15.5. The lowest BCUT2D eigenvalue weighted by Crippen LogP contribution is -2.38. The number of hydrogen-bond donors (Lipinski definition) is 1. The molecule has 2 saturated heterocycles. The summed E-state index contributed by atoms with van der Waals surface area (Å²) in [5.41, 5.74) is 0. The zero-order chi connectivity index (χ0) is 15.4. The molecule has 3 unspecified atom stereocenters. The van der Waals surface area contributed by atoms with Gasteiger partial charge in [0.2, 0.25) is 10.0 Å². The fraction of sp³-hybridized carbons (Fsp3) is 0.538. The zero-order valence-corrected chi connectivity index (χ0v) is 15.2. The van der Waals surface area contributed by atoms with Gasteiger partial charge in [-0.2, -0.15) is 4.31 Å². The van der Waals surface area contributed by atoms with Crippen LogP contribution in [0.1, 0.15) is 6.92 Å². The first-order chi connectivity index (χ1) is 9.82. The maximum absolute atomic E-state index is 13.0. The number of rotatable bonds is 2.